The number of sulfonamides is 1. The molecule has 0 aliphatic carbocycles. The van der Waals surface area contributed by atoms with Crippen molar-refractivity contribution >= 4 is 28.4 Å². The van der Waals surface area contributed by atoms with Crippen molar-refractivity contribution in [3.8, 4) is 0 Å². The molecule has 0 aromatic carbocycles. The van der Waals surface area contributed by atoms with E-state index in [9.17, 15) is 12.8 Å². The maximum atomic E-state index is 12.1. The zero-order valence-corrected chi connectivity index (χ0v) is 14.6. The van der Waals surface area contributed by atoms with E-state index in [0.717, 1.165) is 0 Å². The van der Waals surface area contributed by atoms with Crippen molar-refractivity contribution in [2.75, 3.05) is 17.1 Å². The Balaban J connectivity index is 2.06. The molecule has 1 aliphatic rings. The number of hydrogen-bond acceptors (Lipinski definition) is 5. The van der Waals surface area contributed by atoms with Gasteiger partial charge in [0.2, 0.25) is 10.0 Å². The topological polar surface area (TPSA) is 77.5 Å². The van der Waals surface area contributed by atoms with E-state index < -0.39 is 35.0 Å². The zero-order valence-electron chi connectivity index (χ0n) is 13.8. The van der Waals surface area contributed by atoms with Crippen LogP contribution >= 0.6 is 0 Å². The minimum absolute atomic E-state index is 0.0403. The van der Waals surface area contributed by atoms with Crippen LogP contribution in [-0.4, -0.2) is 44.1 Å². The second-order valence-corrected chi connectivity index (χ2v) is 8.37. The van der Waals surface area contributed by atoms with Gasteiger partial charge in [0, 0.05) is 11.7 Å². The summed E-state index contributed by atoms with van der Waals surface area (Å²) in [6.07, 6.45) is 1.47. The van der Waals surface area contributed by atoms with E-state index in [1.165, 1.54) is 12.3 Å². The monoisotopic (exact) mass is 344 g/mol. The highest BCUT2D eigenvalue weighted by atomic mass is 32.2. The second kappa shape index (κ2) is 6.37. The van der Waals surface area contributed by atoms with Crippen molar-refractivity contribution in [2.24, 2.45) is 0 Å². The molecule has 23 heavy (non-hydrogen) atoms. The van der Waals surface area contributed by atoms with Gasteiger partial charge in [-0.2, -0.15) is 0 Å². The summed E-state index contributed by atoms with van der Waals surface area (Å²) in [6, 6.07) is 3.23. The summed E-state index contributed by atoms with van der Waals surface area (Å²) >= 11 is 0. The van der Waals surface area contributed by atoms with Gasteiger partial charge in [0.15, 0.2) is 0 Å². The number of aromatic nitrogens is 1. The number of nitrogens with zero attached hydrogens (tertiary/aromatic N) is 1. The summed E-state index contributed by atoms with van der Waals surface area (Å²) in [5, 5.41) is 0. The van der Waals surface area contributed by atoms with Crippen LogP contribution in [-0.2, 0) is 19.3 Å². The second-order valence-electron chi connectivity index (χ2n) is 6.53. The van der Waals surface area contributed by atoms with Crippen molar-refractivity contribution in [3.05, 3.63) is 18.3 Å². The van der Waals surface area contributed by atoms with Gasteiger partial charge >= 0.3 is 7.12 Å². The number of pyridine rings is 1. The lowest BCUT2D eigenvalue weighted by Crippen LogP contribution is -2.41. The Kier molecular flexibility index (Phi) is 5.03. The van der Waals surface area contributed by atoms with Crippen molar-refractivity contribution in [2.45, 2.75) is 45.3 Å². The molecule has 0 saturated carbocycles. The molecule has 1 aromatic heterocycles. The highest BCUT2D eigenvalue weighted by Crippen LogP contribution is 2.36. The van der Waals surface area contributed by atoms with Crippen molar-refractivity contribution in [1.82, 2.24) is 4.98 Å². The number of hydrogen-bond donors (Lipinski definition) is 1. The predicted octanol–water partition coefficient (Wildman–Crippen LogP) is 1.48. The summed E-state index contributed by atoms with van der Waals surface area (Å²) in [5.41, 5.74) is -0.204. The molecule has 1 fully saturated rings. The van der Waals surface area contributed by atoms with E-state index in [0.29, 0.717) is 5.46 Å². The smallest absolute Gasteiger partial charge is 0.399 e. The number of anilines is 1. The highest BCUT2D eigenvalue weighted by Gasteiger charge is 2.51. The fourth-order valence-electron chi connectivity index (χ4n) is 2.04. The first-order valence-electron chi connectivity index (χ1n) is 7.44. The summed E-state index contributed by atoms with van der Waals surface area (Å²) in [4.78, 5) is 4.07. The molecule has 2 heterocycles. The van der Waals surface area contributed by atoms with Crippen molar-refractivity contribution in [3.63, 3.8) is 0 Å². The van der Waals surface area contributed by atoms with Crippen LogP contribution < -0.4 is 10.2 Å². The molecule has 0 amide bonds. The molecule has 1 aromatic rings. The molecule has 0 spiro atoms. The van der Waals surface area contributed by atoms with Gasteiger partial charge in [0.25, 0.3) is 0 Å². The van der Waals surface area contributed by atoms with Crippen LogP contribution in [0.4, 0.5) is 10.2 Å². The minimum atomic E-state index is -3.58. The molecule has 0 bridgehead atoms. The summed E-state index contributed by atoms with van der Waals surface area (Å²) in [7, 11) is -4.13. The first-order valence-corrected chi connectivity index (χ1v) is 9.10. The molecule has 0 radical (unpaired) electrons. The lowest BCUT2D eigenvalue weighted by molar-refractivity contribution is 0.00578. The van der Waals surface area contributed by atoms with Gasteiger partial charge in [-0.15, -0.1) is 0 Å². The maximum absolute atomic E-state index is 12.1. The van der Waals surface area contributed by atoms with E-state index in [-0.39, 0.29) is 18.0 Å². The van der Waals surface area contributed by atoms with Crippen LogP contribution in [0.2, 0.25) is 0 Å². The Morgan fingerprint density at radius 2 is 1.83 bits per heavy atom. The van der Waals surface area contributed by atoms with Gasteiger partial charge in [-0.05, 0) is 40.2 Å². The van der Waals surface area contributed by atoms with Crippen LogP contribution in [0.3, 0.4) is 0 Å². The Morgan fingerprint density at radius 1 is 1.22 bits per heavy atom. The van der Waals surface area contributed by atoms with Crippen molar-refractivity contribution in [1.29, 1.82) is 0 Å². The Hall–Kier alpha value is -1.19. The lowest BCUT2D eigenvalue weighted by Gasteiger charge is -2.32. The van der Waals surface area contributed by atoms with E-state index in [1.807, 2.05) is 27.7 Å². The molecule has 0 unspecified atom stereocenters. The van der Waals surface area contributed by atoms with E-state index in [4.69, 9.17) is 9.31 Å². The standard InChI is InChI=1S/C14H22BFN2O4S/c1-13(2)14(3,4)22-15(21-13)11-6-7-12(17-10-11)18-23(19,20)9-5-8-16/h6-7,10H,5,8-9H2,1-4H3,(H,17,18). The largest absolute Gasteiger partial charge is 0.496 e. The molecule has 6 nitrogen and oxygen atoms in total. The van der Waals surface area contributed by atoms with Crippen LogP contribution in [0.15, 0.2) is 18.3 Å². The number of alkyl halides is 1. The molecule has 1 aliphatic heterocycles. The lowest BCUT2D eigenvalue weighted by atomic mass is 9.80. The van der Waals surface area contributed by atoms with Crippen LogP contribution in [0.1, 0.15) is 34.1 Å². The molecule has 1 N–H and O–H groups in total. The van der Waals surface area contributed by atoms with Gasteiger partial charge in [0.1, 0.15) is 5.82 Å². The predicted molar refractivity (Wildman–Crippen MR) is 88.0 cm³/mol. The first kappa shape index (κ1) is 18.2. The molecule has 128 valence electrons. The van der Waals surface area contributed by atoms with E-state index >= 15 is 0 Å². The van der Waals surface area contributed by atoms with Gasteiger partial charge in [-0.1, -0.05) is 6.07 Å². The third-order valence-corrected chi connectivity index (χ3v) is 5.46. The highest BCUT2D eigenvalue weighted by molar-refractivity contribution is 7.92. The van der Waals surface area contributed by atoms with Crippen LogP contribution in [0.25, 0.3) is 0 Å². The van der Waals surface area contributed by atoms with Gasteiger partial charge in [-0.3, -0.25) is 9.11 Å². The average molecular weight is 344 g/mol. The maximum Gasteiger partial charge on any atom is 0.496 e. The fourth-order valence-corrected chi connectivity index (χ4v) is 3.07. The third-order valence-electron chi connectivity index (χ3n) is 4.12. The minimum Gasteiger partial charge on any atom is -0.399 e. The molecule has 0 atom stereocenters. The third kappa shape index (κ3) is 4.21. The van der Waals surface area contributed by atoms with Gasteiger partial charge in [0.05, 0.1) is 23.6 Å². The summed E-state index contributed by atoms with van der Waals surface area (Å²) in [5.74, 6) is -0.0893. The molecular formula is C14H22BFN2O4S. The number of rotatable bonds is 6. The summed E-state index contributed by atoms with van der Waals surface area (Å²) in [6.45, 7) is 7.14. The quantitative estimate of drug-likeness (QED) is 0.791. The molecular weight excluding hydrogens is 322 g/mol. The van der Waals surface area contributed by atoms with E-state index in [1.54, 1.807) is 6.07 Å². The normalized spacial score (nSPS) is 19.8. The first-order chi connectivity index (χ1) is 10.6. The fraction of sp³-hybridized carbons (Fsp3) is 0.643. The summed E-state index contributed by atoms with van der Waals surface area (Å²) < 4.78 is 49.6. The van der Waals surface area contributed by atoms with E-state index in [2.05, 4.69) is 9.71 Å². The SMILES string of the molecule is CC1(C)OB(c2ccc(NS(=O)(=O)CCCF)nc2)OC1(C)C. The Bertz CT molecular complexity index is 633. The average Bonchev–Trinajstić information content (AvgIpc) is 2.66. The molecule has 1 saturated heterocycles. The van der Waals surface area contributed by atoms with Gasteiger partial charge < -0.3 is 9.31 Å². The Labute approximate surface area is 137 Å². The Morgan fingerprint density at radius 3 is 2.30 bits per heavy atom. The van der Waals surface area contributed by atoms with Crippen LogP contribution in [0, 0.1) is 0 Å². The van der Waals surface area contributed by atoms with Crippen molar-refractivity contribution < 1.29 is 22.1 Å². The number of nitrogens with one attached hydrogen (secondary N) is 1. The van der Waals surface area contributed by atoms with Gasteiger partial charge in [-0.25, -0.2) is 13.4 Å². The molecule has 2 rings (SSSR count). The molecule has 9 heteroatoms. The number of halogens is 1. The zero-order chi connectivity index (χ0) is 17.3. The van der Waals surface area contributed by atoms with Crippen LogP contribution in [0.5, 0.6) is 0 Å².